The number of phenolic OH excluding ortho intramolecular Hbond substituents is 1. The third-order valence-electron chi connectivity index (χ3n) is 5.44. The molecule has 0 bridgehead atoms. The van der Waals surface area contributed by atoms with E-state index < -0.39 is 11.8 Å². The second kappa shape index (κ2) is 12.8. The zero-order valence-electron chi connectivity index (χ0n) is 20.6. The fourth-order valence-corrected chi connectivity index (χ4v) is 3.48. The molecule has 3 aromatic rings. The molecule has 2 amide bonds. The van der Waals surface area contributed by atoms with Crippen molar-refractivity contribution in [2.45, 2.75) is 13.8 Å². The number of nitrogens with one attached hydrogen (secondary N) is 2. The first-order valence-corrected chi connectivity index (χ1v) is 11.6. The molecule has 0 fully saturated rings. The smallest absolute Gasteiger partial charge is 0.287 e. The van der Waals surface area contributed by atoms with Gasteiger partial charge in [0.1, 0.15) is 5.70 Å². The minimum Gasteiger partial charge on any atom is -0.504 e. The van der Waals surface area contributed by atoms with E-state index in [4.69, 9.17) is 4.74 Å². The number of carbonyl (C=O) groups is 2. The highest BCUT2D eigenvalue weighted by Gasteiger charge is 2.14. The molecule has 0 spiro atoms. The van der Waals surface area contributed by atoms with Gasteiger partial charge in [-0.05, 0) is 73.5 Å². The van der Waals surface area contributed by atoms with E-state index in [0.717, 1.165) is 24.3 Å². The topological polar surface area (TPSA) is 103 Å². The molecule has 0 radical (unpaired) electrons. The quantitative estimate of drug-likeness (QED) is 0.227. The van der Waals surface area contributed by atoms with Crippen LogP contribution in [0, 0.1) is 0 Å². The minimum atomic E-state index is -0.589. The van der Waals surface area contributed by atoms with Crippen LogP contribution >= 0.6 is 0 Å². The van der Waals surface area contributed by atoms with Crippen LogP contribution in [0.4, 0.5) is 5.69 Å². The molecule has 0 atom stereocenters. The van der Waals surface area contributed by atoms with Crippen LogP contribution in [0.2, 0.25) is 0 Å². The summed E-state index contributed by atoms with van der Waals surface area (Å²) < 4.78 is 5.08. The number of phenols is 1. The number of rotatable bonds is 10. The lowest BCUT2D eigenvalue weighted by Crippen LogP contribution is -2.32. The van der Waals surface area contributed by atoms with Gasteiger partial charge < -0.3 is 20.1 Å². The average molecular weight is 487 g/mol. The molecule has 0 saturated carbocycles. The van der Waals surface area contributed by atoms with Gasteiger partial charge in [0.15, 0.2) is 11.5 Å². The van der Waals surface area contributed by atoms with Crippen LogP contribution in [-0.2, 0) is 4.79 Å². The Kier molecular flexibility index (Phi) is 9.22. The van der Waals surface area contributed by atoms with Gasteiger partial charge in [0.25, 0.3) is 11.8 Å². The molecule has 36 heavy (non-hydrogen) atoms. The third kappa shape index (κ3) is 6.96. The Morgan fingerprint density at radius 3 is 2.28 bits per heavy atom. The molecule has 3 rings (SSSR count). The number of nitrogens with zero attached hydrogens (tertiary/aromatic N) is 2. The summed E-state index contributed by atoms with van der Waals surface area (Å²) in [6.07, 6.45) is 3.01. The van der Waals surface area contributed by atoms with Crippen molar-refractivity contribution in [1.82, 2.24) is 10.7 Å². The van der Waals surface area contributed by atoms with Crippen molar-refractivity contribution in [2.75, 3.05) is 25.1 Å². The number of hydrazone groups is 1. The van der Waals surface area contributed by atoms with Crippen molar-refractivity contribution in [2.24, 2.45) is 5.10 Å². The zero-order chi connectivity index (χ0) is 25.9. The normalized spacial score (nSPS) is 11.2. The number of benzene rings is 3. The summed E-state index contributed by atoms with van der Waals surface area (Å²) in [5, 5.41) is 16.4. The van der Waals surface area contributed by atoms with E-state index in [0.29, 0.717) is 11.1 Å². The number of ether oxygens (including phenoxy) is 1. The van der Waals surface area contributed by atoms with Gasteiger partial charge in [0, 0.05) is 24.3 Å². The molecule has 0 aromatic heterocycles. The van der Waals surface area contributed by atoms with E-state index in [1.54, 1.807) is 42.5 Å². The number of hydrogen-bond donors (Lipinski definition) is 3. The van der Waals surface area contributed by atoms with Crippen LogP contribution in [0.3, 0.4) is 0 Å². The van der Waals surface area contributed by atoms with Crippen LogP contribution in [0.15, 0.2) is 83.6 Å². The van der Waals surface area contributed by atoms with E-state index in [1.165, 1.54) is 19.4 Å². The van der Waals surface area contributed by atoms with E-state index in [1.807, 2.05) is 30.3 Å². The molecule has 186 valence electrons. The molecule has 8 heteroatoms. The van der Waals surface area contributed by atoms with Crippen molar-refractivity contribution in [3.8, 4) is 11.5 Å². The SMILES string of the molecule is CCN(CC)c1ccc(/C=C(/NC(=O)c2ccccc2)C(=O)NN=Cc2ccc(O)c(OC)c2)cc1. The highest BCUT2D eigenvalue weighted by atomic mass is 16.5. The van der Waals surface area contributed by atoms with Crippen LogP contribution in [0.5, 0.6) is 11.5 Å². The summed E-state index contributed by atoms with van der Waals surface area (Å²) in [6, 6.07) is 21.0. The number of hydrogen-bond acceptors (Lipinski definition) is 6. The van der Waals surface area contributed by atoms with Gasteiger partial charge in [-0.2, -0.15) is 5.10 Å². The van der Waals surface area contributed by atoms with Crippen LogP contribution in [0.1, 0.15) is 35.3 Å². The number of methoxy groups -OCH3 is 1. The van der Waals surface area contributed by atoms with Crippen molar-refractivity contribution in [3.05, 3.63) is 95.2 Å². The molecule has 3 aromatic carbocycles. The second-order valence-electron chi connectivity index (χ2n) is 7.77. The van der Waals surface area contributed by atoms with Gasteiger partial charge in [-0.1, -0.05) is 30.3 Å². The van der Waals surface area contributed by atoms with Crippen molar-refractivity contribution in [1.29, 1.82) is 0 Å². The van der Waals surface area contributed by atoms with Gasteiger partial charge in [0.2, 0.25) is 0 Å². The first kappa shape index (κ1) is 26.0. The molecular weight excluding hydrogens is 456 g/mol. The number of anilines is 1. The lowest BCUT2D eigenvalue weighted by Gasteiger charge is -2.20. The predicted molar refractivity (Wildman–Crippen MR) is 142 cm³/mol. The molecule has 0 unspecified atom stereocenters. The monoisotopic (exact) mass is 486 g/mol. The first-order chi connectivity index (χ1) is 17.4. The third-order valence-corrected chi connectivity index (χ3v) is 5.44. The number of aromatic hydroxyl groups is 1. The number of amides is 2. The second-order valence-corrected chi connectivity index (χ2v) is 7.77. The van der Waals surface area contributed by atoms with Crippen molar-refractivity contribution < 1.29 is 19.4 Å². The summed E-state index contributed by atoms with van der Waals surface area (Å²) in [4.78, 5) is 27.9. The maximum absolute atomic E-state index is 13.0. The lowest BCUT2D eigenvalue weighted by molar-refractivity contribution is -0.117. The lowest BCUT2D eigenvalue weighted by atomic mass is 10.1. The van der Waals surface area contributed by atoms with E-state index in [-0.39, 0.29) is 17.2 Å². The summed E-state index contributed by atoms with van der Waals surface area (Å²) in [5.74, 6) is -0.716. The molecule has 0 aliphatic carbocycles. The number of carbonyl (C=O) groups excluding carboxylic acids is 2. The van der Waals surface area contributed by atoms with Crippen LogP contribution < -0.4 is 20.4 Å². The molecule has 8 nitrogen and oxygen atoms in total. The van der Waals surface area contributed by atoms with Gasteiger partial charge in [-0.3, -0.25) is 9.59 Å². The Balaban J connectivity index is 1.82. The Labute approximate surface area is 210 Å². The van der Waals surface area contributed by atoms with Gasteiger partial charge in [-0.25, -0.2) is 5.43 Å². The summed E-state index contributed by atoms with van der Waals surface area (Å²) >= 11 is 0. The van der Waals surface area contributed by atoms with E-state index in [2.05, 4.69) is 34.6 Å². The predicted octanol–water partition coefficient (Wildman–Crippen LogP) is 4.17. The highest BCUT2D eigenvalue weighted by Crippen LogP contribution is 2.25. The Morgan fingerprint density at radius 2 is 1.64 bits per heavy atom. The molecule has 3 N–H and O–H groups in total. The molecular formula is C28H30N4O4. The maximum atomic E-state index is 13.0. The summed E-state index contributed by atoms with van der Waals surface area (Å²) in [7, 11) is 1.44. The Morgan fingerprint density at radius 1 is 0.972 bits per heavy atom. The summed E-state index contributed by atoms with van der Waals surface area (Å²) in [6.45, 7) is 5.95. The first-order valence-electron chi connectivity index (χ1n) is 11.6. The fraction of sp³-hybridized carbons (Fsp3) is 0.179. The van der Waals surface area contributed by atoms with Crippen LogP contribution in [0.25, 0.3) is 6.08 Å². The fourth-order valence-electron chi connectivity index (χ4n) is 3.48. The largest absolute Gasteiger partial charge is 0.504 e. The van der Waals surface area contributed by atoms with Crippen molar-refractivity contribution in [3.63, 3.8) is 0 Å². The zero-order valence-corrected chi connectivity index (χ0v) is 20.6. The minimum absolute atomic E-state index is 0.000424. The molecule has 0 heterocycles. The molecule has 0 aliphatic heterocycles. The molecule has 0 aliphatic rings. The van der Waals surface area contributed by atoms with Crippen molar-refractivity contribution >= 4 is 29.8 Å². The van der Waals surface area contributed by atoms with E-state index in [9.17, 15) is 14.7 Å². The van der Waals surface area contributed by atoms with E-state index >= 15 is 0 Å². The Bertz CT molecular complexity index is 1230. The Hall–Kier alpha value is -4.59. The standard InChI is InChI=1S/C28H30N4O4/c1-4-32(5-2)23-14-11-20(12-15-23)17-24(30-27(34)22-9-7-6-8-10-22)28(35)31-29-19-21-13-16-25(33)26(18-21)36-3/h6-19,33H,4-5H2,1-3H3,(H,30,34)(H,31,35)/b24-17+,29-19?. The van der Waals surface area contributed by atoms with Gasteiger partial charge in [-0.15, -0.1) is 0 Å². The molecule has 0 saturated heterocycles. The van der Waals surface area contributed by atoms with Gasteiger partial charge >= 0.3 is 0 Å². The summed E-state index contributed by atoms with van der Waals surface area (Å²) in [5.41, 5.74) is 5.34. The highest BCUT2D eigenvalue weighted by molar-refractivity contribution is 6.05. The van der Waals surface area contributed by atoms with Gasteiger partial charge in [0.05, 0.1) is 13.3 Å². The average Bonchev–Trinajstić information content (AvgIpc) is 2.91. The maximum Gasteiger partial charge on any atom is 0.287 e. The van der Waals surface area contributed by atoms with Crippen LogP contribution in [-0.4, -0.2) is 43.3 Å².